The molecule has 1 aromatic heterocycles. The summed E-state index contributed by atoms with van der Waals surface area (Å²) in [6, 6.07) is 4.38. The van der Waals surface area contributed by atoms with Crippen LogP contribution >= 0.6 is 0 Å². The maximum absolute atomic E-state index is 13.8. The highest BCUT2D eigenvalue weighted by Gasteiger charge is 2.34. The van der Waals surface area contributed by atoms with Crippen molar-refractivity contribution in [2.45, 2.75) is 25.2 Å². The van der Waals surface area contributed by atoms with Crippen LogP contribution in [0.5, 0.6) is 0 Å². The summed E-state index contributed by atoms with van der Waals surface area (Å²) in [5, 5.41) is 0. The molecule has 9 heteroatoms. The minimum atomic E-state index is -4.54. The molecule has 1 atom stereocenters. The maximum atomic E-state index is 13.8. The van der Waals surface area contributed by atoms with E-state index in [0.717, 1.165) is 12.3 Å². The Hall–Kier alpha value is -2.29. The van der Waals surface area contributed by atoms with Crippen LogP contribution in [0.3, 0.4) is 0 Å². The largest absolute Gasteiger partial charge is 0.433 e. The van der Waals surface area contributed by atoms with E-state index in [2.05, 4.69) is 9.97 Å². The van der Waals surface area contributed by atoms with E-state index in [9.17, 15) is 22.0 Å². The number of halogens is 5. The van der Waals surface area contributed by atoms with Crippen LogP contribution < -0.4 is 4.90 Å². The van der Waals surface area contributed by atoms with Gasteiger partial charge in [0.25, 0.3) is 0 Å². The number of hydrogen-bond donors (Lipinski definition) is 0. The summed E-state index contributed by atoms with van der Waals surface area (Å²) in [7, 11) is 1.62. The van der Waals surface area contributed by atoms with E-state index < -0.39 is 23.5 Å². The van der Waals surface area contributed by atoms with Crippen LogP contribution in [0.15, 0.2) is 30.5 Å². The zero-order valence-electron chi connectivity index (χ0n) is 14.0. The molecule has 2 aromatic rings. The lowest BCUT2D eigenvalue weighted by Crippen LogP contribution is -2.36. The minimum Gasteiger partial charge on any atom is -0.340 e. The fourth-order valence-corrected chi connectivity index (χ4v) is 3.02. The van der Waals surface area contributed by atoms with E-state index in [0.29, 0.717) is 19.5 Å². The molecule has 2 heterocycles. The van der Waals surface area contributed by atoms with Gasteiger partial charge in [-0.05, 0) is 24.6 Å². The van der Waals surface area contributed by atoms with Crippen molar-refractivity contribution in [3.63, 3.8) is 0 Å². The first-order chi connectivity index (χ1) is 12.3. The van der Waals surface area contributed by atoms with Crippen LogP contribution in [0, 0.1) is 11.6 Å². The summed E-state index contributed by atoms with van der Waals surface area (Å²) >= 11 is 0. The molecule has 0 saturated carbocycles. The summed E-state index contributed by atoms with van der Waals surface area (Å²) in [5.41, 5.74) is -1.01. The zero-order chi connectivity index (χ0) is 18.9. The van der Waals surface area contributed by atoms with Crippen LogP contribution in [-0.4, -0.2) is 41.0 Å². The molecule has 1 saturated heterocycles. The van der Waals surface area contributed by atoms with Gasteiger partial charge in [-0.25, -0.2) is 18.7 Å². The Morgan fingerprint density at radius 1 is 1.19 bits per heavy atom. The van der Waals surface area contributed by atoms with E-state index in [-0.39, 0.29) is 24.1 Å². The SMILES string of the molecule is CN(c1nccc(C(F)(F)F)n1)C1CCN(Cc2c(F)cccc2F)C1. The van der Waals surface area contributed by atoms with Crippen LogP contribution in [-0.2, 0) is 12.7 Å². The van der Waals surface area contributed by atoms with E-state index in [1.54, 1.807) is 11.9 Å². The van der Waals surface area contributed by atoms with E-state index in [1.165, 1.54) is 18.2 Å². The number of rotatable bonds is 4. The highest BCUT2D eigenvalue weighted by molar-refractivity contribution is 5.32. The minimum absolute atomic E-state index is 0.00822. The number of nitrogens with zero attached hydrogens (tertiary/aromatic N) is 4. The lowest BCUT2D eigenvalue weighted by atomic mass is 10.2. The Kier molecular flexibility index (Phi) is 5.08. The van der Waals surface area contributed by atoms with Crippen molar-refractivity contribution < 1.29 is 22.0 Å². The number of aromatic nitrogens is 2. The molecule has 1 aliphatic heterocycles. The van der Waals surface area contributed by atoms with Crippen molar-refractivity contribution in [3.05, 3.63) is 53.4 Å². The third-order valence-electron chi connectivity index (χ3n) is 4.49. The fourth-order valence-electron chi connectivity index (χ4n) is 3.02. The number of hydrogen-bond acceptors (Lipinski definition) is 4. The second-order valence-corrected chi connectivity index (χ2v) is 6.23. The normalized spacial score (nSPS) is 18.3. The van der Waals surface area contributed by atoms with E-state index >= 15 is 0 Å². The molecule has 0 aliphatic carbocycles. The zero-order valence-corrected chi connectivity index (χ0v) is 14.0. The van der Waals surface area contributed by atoms with Gasteiger partial charge in [-0.15, -0.1) is 0 Å². The summed E-state index contributed by atoms with van der Waals surface area (Å²) < 4.78 is 66.0. The molecule has 1 aliphatic rings. The van der Waals surface area contributed by atoms with Gasteiger partial charge in [-0.2, -0.15) is 13.2 Å². The molecule has 0 radical (unpaired) electrons. The van der Waals surface area contributed by atoms with Gasteiger partial charge in [0.05, 0.1) is 0 Å². The third-order valence-corrected chi connectivity index (χ3v) is 4.49. The van der Waals surface area contributed by atoms with Crippen molar-refractivity contribution in [2.75, 3.05) is 25.0 Å². The van der Waals surface area contributed by atoms with Crippen LogP contribution in [0.25, 0.3) is 0 Å². The average molecular weight is 372 g/mol. The molecule has 3 rings (SSSR count). The topological polar surface area (TPSA) is 32.3 Å². The van der Waals surface area contributed by atoms with Gasteiger partial charge in [0, 0.05) is 44.5 Å². The first-order valence-corrected chi connectivity index (χ1v) is 8.04. The maximum Gasteiger partial charge on any atom is 0.433 e. The van der Waals surface area contributed by atoms with Gasteiger partial charge in [0.2, 0.25) is 5.95 Å². The molecular formula is C17H17F5N4. The predicted molar refractivity (Wildman–Crippen MR) is 85.5 cm³/mol. The highest BCUT2D eigenvalue weighted by Crippen LogP contribution is 2.29. The van der Waals surface area contributed by atoms with Crippen molar-refractivity contribution >= 4 is 5.95 Å². The molecular weight excluding hydrogens is 355 g/mol. The quantitative estimate of drug-likeness (QED) is 0.770. The van der Waals surface area contributed by atoms with Crippen LogP contribution in [0.1, 0.15) is 17.7 Å². The number of anilines is 1. The first kappa shape index (κ1) is 18.5. The summed E-state index contributed by atoms with van der Waals surface area (Å²) in [5.74, 6) is -1.24. The van der Waals surface area contributed by atoms with Crippen molar-refractivity contribution in [1.29, 1.82) is 0 Å². The Labute approximate surface area is 147 Å². The molecule has 0 N–H and O–H groups in total. The van der Waals surface area contributed by atoms with Gasteiger partial charge < -0.3 is 4.90 Å². The van der Waals surface area contributed by atoms with Gasteiger partial charge in [0.15, 0.2) is 0 Å². The van der Waals surface area contributed by atoms with Crippen LogP contribution in [0.4, 0.5) is 27.9 Å². The molecule has 0 amide bonds. The molecule has 0 spiro atoms. The summed E-state index contributed by atoms with van der Waals surface area (Å²) in [6.07, 6.45) is -2.84. The van der Waals surface area contributed by atoms with Gasteiger partial charge >= 0.3 is 6.18 Å². The molecule has 140 valence electrons. The number of likely N-dealkylation sites (N-methyl/N-ethyl adjacent to an activating group) is 1. The fraction of sp³-hybridized carbons (Fsp3) is 0.412. The predicted octanol–water partition coefficient (Wildman–Crippen LogP) is 3.48. The van der Waals surface area contributed by atoms with E-state index in [1.807, 2.05) is 4.90 Å². The molecule has 1 unspecified atom stereocenters. The lowest BCUT2D eigenvalue weighted by Gasteiger charge is -2.25. The van der Waals surface area contributed by atoms with E-state index in [4.69, 9.17) is 0 Å². The molecule has 26 heavy (non-hydrogen) atoms. The van der Waals surface area contributed by atoms with Crippen molar-refractivity contribution in [2.24, 2.45) is 0 Å². The number of alkyl halides is 3. The second-order valence-electron chi connectivity index (χ2n) is 6.23. The number of likely N-dealkylation sites (tertiary alicyclic amines) is 1. The smallest absolute Gasteiger partial charge is 0.340 e. The first-order valence-electron chi connectivity index (χ1n) is 8.04. The third kappa shape index (κ3) is 3.92. The monoisotopic (exact) mass is 372 g/mol. The Bertz CT molecular complexity index is 760. The Balaban J connectivity index is 1.69. The Morgan fingerprint density at radius 2 is 1.88 bits per heavy atom. The van der Waals surface area contributed by atoms with Gasteiger partial charge in [0.1, 0.15) is 17.3 Å². The van der Waals surface area contributed by atoms with Crippen molar-refractivity contribution in [1.82, 2.24) is 14.9 Å². The van der Waals surface area contributed by atoms with Crippen molar-refractivity contribution in [3.8, 4) is 0 Å². The van der Waals surface area contributed by atoms with Gasteiger partial charge in [-0.1, -0.05) is 6.07 Å². The molecule has 1 fully saturated rings. The average Bonchev–Trinajstić information content (AvgIpc) is 3.06. The summed E-state index contributed by atoms with van der Waals surface area (Å²) in [4.78, 5) is 10.9. The highest BCUT2D eigenvalue weighted by atomic mass is 19.4. The van der Waals surface area contributed by atoms with Gasteiger partial charge in [-0.3, -0.25) is 4.90 Å². The number of benzene rings is 1. The Morgan fingerprint density at radius 3 is 2.54 bits per heavy atom. The lowest BCUT2D eigenvalue weighted by molar-refractivity contribution is -0.141. The summed E-state index contributed by atoms with van der Waals surface area (Å²) in [6.45, 7) is 1.12. The standard InChI is InChI=1S/C17H17F5N4/c1-25(16-23-7-5-15(24-16)17(20,21)22)11-6-8-26(9-11)10-12-13(18)3-2-4-14(12)19/h2-5,7,11H,6,8-10H2,1H3. The second kappa shape index (κ2) is 7.14. The molecule has 4 nitrogen and oxygen atoms in total. The van der Waals surface area contributed by atoms with Crippen LogP contribution in [0.2, 0.25) is 0 Å². The molecule has 0 bridgehead atoms. The molecule has 1 aromatic carbocycles.